The largest absolute Gasteiger partial charge is 0.495 e. The van der Waals surface area contributed by atoms with E-state index >= 15 is 0 Å². The first kappa shape index (κ1) is 20.8. The maximum atomic E-state index is 12.5. The van der Waals surface area contributed by atoms with Crippen LogP contribution < -0.4 is 10.3 Å². The summed E-state index contributed by atoms with van der Waals surface area (Å²) in [6.45, 7) is 3.66. The van der Waals surface area contributed by atoms with Crippen LogP contribution in [0, 0.1) is 5.92 Å². The maximum Gasteiger partial charge on any atom is 0.251 e. The molecule has 0 atom stereocenters. The SMILES string of the molecule is COc1cnc2ccc(=O)n(CCN3CCC(CCc4ccc(Cl)cn4)CC3)c2c1. The predicted molar refractivity (Wildman–Crippen MR) is 119 cm³/mol. The van der Waals surface area contributed by atoms with Crippen molar-refractivity contribution in [3.8, 4) is 5.75 Å². The number of hydrogen-bond donors (Lipinski definition) is 0. The van der Waals surface area contributed by atoms with Crippen molar-refractivity contribution in [1.29, 1.82) is 0 Å². The summed E-state index contributed by atoms with van der Waals surface area (Å²) in [5.41, 5.74) is 2.75. The number of nitrogens with zero attached hydrogens (tertiary/aromatic N) is 4. The molecule has 0 spiro atoms. The second-order valence-electron chi connectivity index (χ2n) is 7.89. The fourth-order valence-electron chi connectivity index (χ4n) is 4.14. The van der Waals surface area contributed by atoms with E-state index in [2.05, 4.69) is 14.9 Å². The van der Waals surface area contributed by atoms with E-state index in [0.29, 0.717) is 17.3 Å². The van der Waals surface area contributed by atoms with Crippen LogP contribution in [0.1, 0.15) is 25.0 Å². The van der Waals surface area contributed by atoms with Crippen LogP contribution in [0.15, 0.2) is 47.5 Å². The molecule has 0 aromatic carbocycles. The Bertz CT molecular complexity index is 1040. The number of halogens is 1. The quantitative estimate of drug-likeness (QED) is 0.575. The zero-order valence-electron chi connectivity index (χ0n) is 17.3. The Morgan fingerprint density at radius 1 is 1.10 bits per heavy atom. The Hall–Kier alpha value is -2.44. The van der Waals surface area contributed by atoms with Gasteiger partial charge in [0.2, 0.25) is 0 Å². The van der Waals surface area contributed by atoms with Crippen LogP contribution in [0.5, 0.6) is 5.75 Å². The number of likely N-dealkylation sites (tertiary alicyclic amines) is 1. The summed E-state index contributed by atoms with van der Waals surface area (Å²) in [6.07, 6.45) is 7.95. The van der Waals surface area contributed by atoms with Crippen molar-refractivity contribution in [3.05, 3.63) is 63.8 Å². The molecule has 3 aromatic rings. The van der Waals surface area contributed by atoms with Gasteiger partial charge in [-0.1, -0.05) is 11.6 Å². The van der Waals surface area contributed by atoms with E-state index in [1.54, 1.807) is 31.6 Å². The van der Waals surface area contributed by atoms with Crippen molar-refractivity contribution < 1.29 is 4.74 Å². The van der Waals surface area contributed by atoms with Crippen LogP contribution in [0.25, 0.3) is 11.0 Å². The lowest BCUT2D eigenvalue weighted by molar-refractivity contribution is 0.174. The van der Waals surface area contributed by atoms with Crippen molar-refractivity contribution in [2.45, 2.75) is 32.2 Å². The standard InChI is InChI=1S/C23H27ClN4O2/c1-30-20-14-22-21(26-16-20)6-7-23(29)28(22)13-12-27-10-8-17(9-11-27)2-4-19-5-3-18(24)15-25-19/h3,5-7,14-17H,2,4,8-13H2,1H3. The summed E-state index contributed by atoms with van der Waals surface area (Å²) in [7, 11) is 1.61. The molecule has 4 heterocycles. The van der Waals surface area contributed by atoms with Gasteiger partial charge < -0.3 is 14.2 Å². The molecule has 0 radical (unpaired) electrons. The third kappa shape index (κ3) is 4.99. The molecule has 4 rings (SSSR count). The molecular formula is C23H27ClN4O2. The molecular weight excluding hydrogens is 400 g/mol. The van der Waals surface area contributed by atoms with Gasteiger partial charge in [0.05, 0.1) is 29.4 Å². The molecule has 1 fully saturated rings. The van der Waals surface area contributed by atoms with Crippen LogP contribution in [-0.2, 0) is 13.0 Å². The van der Waals surface area contributed by atoms with Crippen LogP contribution in [-0.4, -0.2) is 46.2 Å². The highest BCUT2D eigenvalue weighted by Gasteiger charge is 2.19. The monoisotopic (exact) mass is 426 g/mol. The summed E-state index contributed by atoms with van der Waals surface area (Å²) in [4.78, 5) is 23.7. The summed E-state index contributed by atoms with van der Waals surface area (Å²) in [5.74, 6) is 1.39. The smallest absolute Gasteiger partial charge is 0.251 e. The second kappa shape index (κ2) is 9.58. The fraction of sp³-hybridized carbons (Fsp3) is 0.435. The van der Waals surface area contributed by atoms with Gasteiger partial charge in [-0.3, -0.25) is 14.8 Å². The molecule has 1 saturated heterocycles. The number of methoxy groups -OCH3 is 1. The lowest BCUT2D eigenvalue weighted by atomic mass is 9.91. The van der Waals surface area contributed by atoms with Crippen molar-refractivity contribution in [3.63, 3.8) is 0 Å². The molecule has 6 nitrogen and oxygen atoms in total. The van der Waals surface area contributed by atoms with E-state index in [1.165, 1.54) is 12.8 Å². The van der Waals surface area contributed by atoms with E-state index < -0.39 is 0 Å². The van der Waals surface area contributed by atoms with Gasteiger partial charge in [0.25, 0.3) is 5.56 Å². The lowest BCUT2D eigenvalue weighted by Crippen LogP contribution is -2.37. The predicted octanol–water partition coefficient (Wildman–Crippen LogP) is 3.80. The molecule has 1 aliphatic heterocycles. The normalized spacial score (nSPS) is 15.5. The maximum absolute atomic E-state index is 12.5. The van der Waals surface area contributed by atoms with Crippen molar-refractivity contribution in [2.75, 3.05) is 26.7 Å². The number of pyridine rings is 3. The lowest BCUT2D eigenvalue weighted by Gasteiger charge is -2.32. The molecule has 7 heteroatoms. The highest BCUT2D eigenvalue weighted by atomic mass is 35.5. The molecule has 0 saturated carbocycles. The Morgan fingerprint density at radius 3 is 2.67 bits per heavy atom. The van der Waals surface area contributed by atoms with Gasteiger partial charge in [0, 0.05) is 37.1 Å². The minimum atomic E-state index is 0.00269. The topological polar surface area (TPSA) is 60.2 Å². The van der Waals surface area contributed by atoms with E-state index in [1.807, 2.05) is 22.8 Å². The molecule has 158 valence electrons. The van der Waals surface area contributed by atoms with Gasteiger partial charge in [0.15, 0.2) is 0 Å². The number of aryl methyl sites for hydroxylation is 1. The van der Waals surface area contributed by atoms with Gasteiger partial charge in [-0.25, -0.2) is 0 Å². The number of fused-ring (bicyclic) bond motifs is 1. The van der Waals surface area contributed by atoms with Crippen LogP contribution in [0.2, 0.25) is 5.02 Å². The minimum absolute atomic E-state index is 0.00269. The molecule has 0 unspecified atom stereocenters. The summed E-state index contributed by atoms with van der Waals surface area (Å²) in [6, 6.07) is 9.18. The molecule has 0 bridgehead atoms. The molecule has 1 aliphatic rings. The van der Waals surface area contributed by atoms with Gasteiger partial charge in [0.1, 0.15) is 5.75 Å². The highest BCUT2D eigenvalue weighted by molar-refractivity contribution is 6.30. The summed E-state index contributed by atoms with van der Waals surface area (Å²) in [5, 5.41) is 0.687. The zero-order chi connectivity index (χ0) is 20.9. The van der Waals surface area contributed by atoms with Crippen molar-refractivity contribution in [1.82, 2.24) is 19.4 Å². The first-order valence-electron chi connectivity index (χ1n) is 10.5. The van der Waals surface area contributed by atoms with E-state index in [-0.39, 0.29) is 5.56 Å². The van der Waals surface area contributed by atoms with Crippen LogP contribution in [0.4, 0.5) is 0 Å². The van der Waals surface area contributed by atoms with E-state index in [4.69, 9.17) is 16.3 Å². The number of aromatic nitrogens is 3. The third-order valence-corrected chi connectivity index (χ3v) is 6.22. The highest BCUT2D eigenvalue weighted by Crippen LogP contribution is 2.23. The summed E-state index contributed by atoms with van der Waals surface area (Å²) >= 11 is 5.91. The second-order valence-corrected chi connectivity index (χ2v) is 8.33. The van der Waals surface area contributed by atoms with Crippen LogP contribution in [0.3, 0.4) is 0 Å². The Morgan fingerprint density at radius 2 is 1.93 bits per heavy atom. The molecule has 0 N–H and O–H groups in total. The first-order chi connectivity index (χ1) is 14.6. The van der Waals surface area contributed by atoms with Crippen molar-refractivity contribution in [2.24, 2.45) is 5.92 Å². The summed E-state index contributed by atoms with van der Waals surface area (Å²) < 4.78 is 7.09. The molecule has 0 amide bonds. The van der Waals surface area contributed by atoms with Gasteiger partial charge >= 0.3 is 0 Å². The Labute approximate surface area is 181 Å². The molecule has 0 aliphatic carbocycles. The van der Waals surface area contributed by atoms with Gasteiger partial charge in [-0.15, -0.1) is 0 Å². The zero-order valence-corrected chi connectivity index (χ0v) is 18.0. The van der Waals surface area contributed by atoms with Crippen molar-refractivity contribution >= 4 is 22.6 Å². The number of rotatable bonds is 7. The molecule has 30 heavy (non-hydrogen) atoms. The number of ether oxygens (including phenoxy) is 1. The Kier molecular flexibility index (Phi) is 6.65. The van der Waals surface area contributed by atoms with Gasteiger partial charge in [-0.05, 0) is 62.9 Å². The fourth-order valence-corrected chi connectivity index (χ4v) is 4.25. The van der Waals surface area contributed by atoms with Crippen LogP contribution >= 0.6 is 11.6 Å². The Balaban J connectivity index is 1.31. The number of piperidine rings is 1. The van der Waals surface area contributed by atoms with Gasteiger partial charge in [-0.2, -0.15) is 0 Å². The third-order valence-electron chi connectivity index (χ3n) is 5.99. The van der Waals surface area contributed by atoms with E-state index in [9.17, 15) is 4.79 Å². The van der Waals surface area contributed by atoms with E-state index in [0.717, 1.165) is 55.1 Å². The molecule has 3 aromatic heterocycles. The average Bonchev–Trinajstić information content (AvgIpc) is 2.78. The minimum Gasteiger partial charge on any atom is -0.495 e. The first-order valence-corrected chi connectivity index (χ1v) is 10.9. The average molecular weight is 427 g/mol. The number of hydrogen-bond acceptors (Lipinski definition) is 5.